The summed E-state index contributed by atoms with van der Waals surface area (Å²) >= 11 is 0. The monoisotopic (exact) mass is 536 g/mol. The van der Waals surface area contributed by atoms with Crippen LogP contribution in [0.3, 0.4) is 0 Å². The lowest BCUT2D eigenvalue weighted by Gasteiger charge is -2.09. The van der Waals surface area contributed by atoms with Crippen LogP contribution in [-0.4, -0.2) is 34.0 Å². The fourth-order valence-corrected chi connectivity index (χ4v) is 4.29. The first-order valence-electron chi connectivity index (χ1n) is 12.4. The molecule has 0 aliphatic heterocycles. The third-order valence-electron chi connectivity index (χ3n) is 6.30. The summed E-state index contributed by atoms with van der Waals surface area (Å²) < 4.78 is 9.75. The minimum atomic E-state index is -0.763. The summed E-state index contributed by atoms with van der Waals surface area (Å²) in [4.78, 5) is 42.8. The lowest BCUT2D eigenvalue weighted by molar-refractivity contribution is -0.116. The Morgan fingerprint density at radius 3 is 2.58 bits per heavy atom. The Morgan fingerprint density at radius 2 is 1.85 bits per heavy atom. The van der Waals surface area contributed by atoms with Crippen LogP contribution in [0.2, 0.25) is 0 Å². The van der Waals surface area contributed by atoms with E-state index < -0.39 is 11.7 Å². The van der Waals surface area contributed by atoms with E-state index in [2.05, 4.69) is 30.3 Å². The number of aromatic nitrogens is 3. The molecule has 40 heavy (non-hydrogen) atoms. The number of benzene rings is 3. The van der Waals surface area contributed by atoms with Crippen LogP contribution in [0.5, 0.6) is 5.75 Å². The maximum absolute atomic E-state index is 13.2. The molecule has 2 heterocycles. The van der Waals surface area contributed by atoms with E-state index in [1.54, 1.807) is 31.4 Å². The van der Waals surface area contributed by atoms with Gasteiger partial charge in [0, 0.05) is 17.4 Å². The number of para-hydroxylation sites is 1. The second-order valence-electron chi connectivity index (χ2n) is 8.97. The summed E-state index contributed by atoms with van der Waals surface area (Å²) in [6.07, 6.45) is 1.77. The van der Waals surface area contributed by atoms with Crippen molar-refractivity contribution in [3.63, 3.8) is 0 Å². The number of nitriles is 1. The maximum Gasteiger partial charge on any atom is 0.439 e. The molecule has 11 nitrogen and oxygen atoms in total. The van der Waals surface area contributed by atoms with Gasteiger partial charge in [0.25, 0.3) is 5.91 Å². The van der Waals surface area contributed by atoms with Gasteiger partial charge in [-0.15, -0.1) is 0 Å². The minimum Gasteiger partial charge on any atom is -0.497 e. The number of rotatable bonds is 9. The minimum absolute atomic E-state index is 0.0750. The van der Waals surface area contributed by atoms with Crippen molar-refractivity contribution < 1.29 is 18.8 Å². The molecule has 0 saturated heterocycles. The second kappa shape index (κ2) is 11.4. The van der Waals surface area contributed by atoms with E-state index >= 15 is 0 Å². The number of nitrogens with one attached hydrogen (secondary N) is 4. The number of aromatic amines is 2. The number of nitrogens with zero attached hydrogens (tertiary/aromatic N) is 2. The fourth-order valence-electron chi connectivity index (χ4n) is 4.29. The third-order valence-corrected chi connectivity index (χ3v) is 6.30. The Bertz CT molecular complexity index is 1790. The predicted octanol–water partition coefficient (Wildman–Crippen LogP) is 4.61. The first-order chi connectivity index (χ1) is 19.4. The average molecular weight is 537 g/mol. The van der Waals surface area contributed by atoms with E-state index in [0.717, 1.165) is 23.1 Å². The molecule has 2 amide bonds. The van der Waals surface area contributed by atoms with Crippen LogP contribution in [0.15, 0.2) is 76.0 Å². The number of methoxy groups -OCH3 is 1. The lowest BCUT2D eigenvalue weighted by Crippen LogP contribution is -2.14. The first kappa shape index (κ1) is 26.0. The first-order valence-corrected chi connectivity index (χ1v) is 12.4. The smallest absolute Gasteiger partial charge is 0.439 e. The second-order valence-corrected chi connectivity index (χ2v) is 8.97. The van der Waals surface area contributed by atoms with Gasteiger partial charge in [-0.05, 0) is 60.9 Å². The largest absolute Gasteiger partial charge is 0.497 e. The highest BCUT2D eigenvalue weighted by molar-refractivity contribution is 6.09. The molecular formula is C29H24N6O5. The van der Waals surface area contributed by atoms with E-state index in [-0.39, 0.29) is 17.4 Å². The summed E-state index contributed by atoms with van der Waals surface area (Å²) in [7, 11) is 1.62. The summed E-state index contributed by atoms with van der Waals surface area (Å²) in [6.45, 7) is 0. The van der Waals surface area contributed by atoms with Crippen LogP contribution >= 0.6 is 0 Å². The molecular weight excluding hydrogens is 512 g/mol. The number of carbonyl (C=O) groups excluding carboxylic acids is 2. The summed E-state index contributed by atoms with van der Waals surface area (Å²) in [6, 6.07) is 21.4. The van der Waals surface area contributed by atoms with Crippen molar-refractivity contribution >= 4 is 34.1 Å². The number of fused-ring (bicyclic) bond motifs is 1. The molecule has 0 atom stereocenters. The van der Waals surface area contributed by atoms with E-state index in [1.807, 2.05) is 36.4 Å². The average Bonchev–Trinajstić information content (AvgIpc) is 3.61. The van der Waals surface area contributed by atoms with Gasteiger partial charge in [-0.3, -0.25) is 19.1 Å². The van der Waals surface area contributed by atoms with Crippen molar-refractivity contribution in [2.24, 2.45) is 0 Å². The molecule has 0 spiro atoms. The Balaban J connectivity index is 1.28. The van der Waals surface area contributed by atoms with Crippen molar-refractivity contribution in [2.45, 2.75) is 19.3 Å². The standard InChI is InChI=1S/C29H24N6O5/c1-39-20-11-8-17(9-12-20)4-2-7-25(36)31-23-6-3-5-19-15-24(32-26(19)23)28(37)33-22-13-10-18(16-30)14-21(22)27-34-29(38)40-35-27/h3,5-6,8-15,32H,2,4,7H2,1H3,(H,31,36)(H,33,37)(H,34,35,38). The van der Waals surface area contributed by atoms with Gasteiger partial charge in [-0.2, -0.15) is 5.26 Å². The molecule has 0 saturated carbocycles. The number of hydrogen-bond acceptors (Lipinski definition) is 7. The van der Waals surface area contributed by atoms with Gasteiger partial charge in [-0.25, -0.2) is 4.79 Å². The Morgan fingerprint density at radius 1 is 1.02 bits per heavy atom. The van der Waals surface area contributed by atoms with E-state index in [4.69, 9.17) is 4.74 Å². The van der Waals surface area contributed by atoms with Gasteiger partial charge in [0.2, 0.25) is 5.91 Å². The Kier molecular flexibility index (Phi) is 7.41. The third kappa shape index (κ3) is 5.76. The Labute approximate surface area is 227 Å². The van der Waals surface area contributed by atoms with Gasteiger partial charge in [0.15, 0.2) is 5.82 Å². The number of carbonyl (C=O) groups is 2. The van der Waals surface area contributed by atoms with Gasteiger partial charge in [-0.1, -0.05) is 29.4 Å². The number of aryl methyl sites for hydroxylation is 1. The molecule has 0 aliphatic carbocycles. The maximum atomic E-state index is 13.2. The van der Waals surface area contributed by atoms with Crippen LogP contribution in [0.1, 0.15) is 34.5 Å². The van der Waals surface area contributed by atoms with Gasteiger partial charge in [0.1, 0.15) is 11.4 Å². The van der Waals surface area contributed by atoms with E-state index in [9.17, 15) is 19.6 Å². The molecule has 0 radical (unpaired) electrons. The van der Waals surface area contributed by atoms with Crippen LogP contribution in [0, 0.1) is 11.3 Å². The van der Waals surface area contributed by atoms with Crippen molar-refractivity contribution in [3.05, 3.63) is 94.1 Å². The quantitative estimate of drug-likeness (QED) is 0.213. The van der Waals surface area contributed by atoms with Crippen LogP contribution in [0.4, 0.5) is 11.4 Å². The molecule has 11 heteroatoms. The molecule has 0 bridgehead atoms. The molecule has 2 aromatic heterocycles. The molecule has 5 aromatic rings. The number of ether oxygens (including phenoxy) is 1. The number of amides is 2. The molecule has 200 valence electrons. The predicted molar refractivity (Wildman–Crippen MR) is 148 cm³/mol. The van der Waals surface area contributed by atoms with Gasteiger partial charge in [0.05, 0.1) is 35.6 Å². The van der Waals surface area contributed by atoms with Crippen LogP contribution < -0.4 is 21.1 Å². The number of anilines is 2. The molecule has 4 N–H and O–H groups in total. The highest BCUT2D eigenvalue weighted by Gasteiger charge is 2.17. The zero-order chi connectivity index (χ0) is 28.1. The topological polar surface area (TPSA) is 166 Å². The molecule has 0 unspecified atom stereocenters. The molecule has 5 rings (SSSR count). The highest BCUT2D eigenvalue weighted by Crippen LogP contribution is 2.28. The van der Waals surface area contributed by atoms with Crippen LogP contribution in [-0.2, 0) is 11.2 Å². The van der Waals surface area contributed by atoms with E-state index in [1.165, 1.54) is 12.1 Å². The SMILES string of the molecule is COc1ccc(CCCC(=O)Nc2cccc3cc(C(=O)Nc4ccc(C#N)cc4-c4noc(=O)[nH]4)[nH]c23)cc1. The van der Waals surface area contributed by atoms with Gasteiger partial charge >= 0.3 is 5.76 Å². The molecule has 3 aromatic carbocycles. The lowest BCUT2D eigenvalue weighted by atomic mass is 10.1. The number of H-pyrrole nitrogens is 2. The van der Waals surface area contributed by atoms with Crippen LogP contribution in [0.25, 0.3) is 22.3 Å². The number of hydrogen-bond donors (Lipinski definition) is 4. The van der Waals surface area contributed by atoms with Crippen molar-refractivity contribution in [1.29, 1.82) is 5.26 Å². The molecule has 0 aliphatic rings. The molecule has 0 fully saturated rings. The van der Waals surface area contributed by atoms with Crippen molar-refractivity contribution in [3.8, 4) is 23.2 Å². The van der Waals surface area contributed by atoms with Crippen molar-refractivity contribution in [2.75, 3.05) is 17.7 Å². The highest BCUT2D eigenvalue weighted by atomic mass is 16.5. The van der Waals surface area contributed by atoms with Gasteiger partial charge < -0.3 is 20.4 Å². The zero-order valence-electron chi connectivity index (χ0n) is 21.4. The van der Waals surface area contributed by atoms with E-state index in [0.29, 0.717) is 40.9 Å². The zero-order valence-corrected chi connectivity index (χ0v) is 21.4. The summed E-state index contributed by atoms with van der Waals surface area (Å²) in [5, 5.41) is 19.4. The fraction of sp³-hybridized carbons (Fsp3) is 0.138. The van der Waals surface area contributed by atoms with Crippen molar-refractivity contribution in [1.82, 2.24) is 15.1 Å². The summed E-state index contributed by atoms with van der Waals surface area (Å²) in [5.41, 5.74) is 3.49. The Hall–Kier alpha value is -5.63. The normalized spacial score (nSPS) is 10.7. The summed E-state index contributed by atoms with van der Waals surface area (Å²) in [5.74, 6) is -0.501.